The topological polar surface area (TPSA) is 81.4 Å². The van der Waals surface area contributed by atoms with Crippen molar-refractivity contribution in [2.75, 3.05) is 12.4 Å². The van der Waals surface area contributed by atoms with Crippen LogP contribution in [-0.4, -0.2) is 32.8 Å². The van der Waals surface area contributed by atoms with E-state index in [4.69, 9.17) is 9.84 Å². The van der Waals surface area contributed by atoms with E-state index in [0.717, 1.165) is 34.6 Å². The summed E-state index contributed by atoms with van der Waals surface area (Å²) in [7, 11) is 1.64. The van der Waals surface area contributed by atoms with Crippen LogP contribution < -0.4 is 10.1 Å². The van der Waals surface area contributed by atoms with E-state index < -0.39 is 0 Å². The van der Waals surface area contributed by atoms with Crippen molar-refractivity contribution < 1.29 is 9.53 Å². The van der Waals surface area contributed by atoms with Crippen molar-refractivity contribution in [1.82, 2.24) is 19.8 Å². The first-order chi connectivity index (χ1) is 14.5. The SMILES string of the molecule is CCc1nn2c(C)c(C(=O)Nc3ccc(C)cc3)nnc2c1-c1ccc(OC)cc1. The Kier molecular flexibility index (Phi) is 5.18. The first kappa shape index (κ1) is 19.6. The lowest BCUT2D eigenvalue weighted by atomic mass is 10.0. The van der Waals surface area contributed by atoms with Gasteiger partial charge in [0.25, 0.3) is 5.91 Å². The number of rotatable bonds is 5. The van der Waals surface area contributed by atoms with E-state index in [9.17, 15) is 4.79 Å². The summed E-state index contributed by atoms with van der Waals surface area (Å²) in [6.07, 6.45) is 0.731. The highest BCUT2D eigenvalue weighted by molar-refractivity contribution is 6.03. The summed E-state index contributed by atoms with van der Waals surface area (Å²) in [5.41, 5.74) is 6.14. The first-order valence-corrected chi connectivity index (χ1v) is 9.79. The van der Waals surface area contributed by atoms with Crippen molar-refractivity contribution >= 4 is 17.2 Å². The number of methoxy groups -OCH3 is 1. The lowest BCUT2D eigenvalue weighted by Crippen LogP contribution is -2.18. The molecule has 0 spiro atoms. The third-order valence-corrected chi connectivity index (χ3v) is 5.08. The molecular weight excluding hydrogens is 378 g/mol. The molecule has 0 aliphatic heterocycles. The maximum atomic E-state index is 12.8. The maximum absolute atomic E-state index is 12.8. The van der Waals surface area contributed by atoms with Gasteiger partial charge in [-0.15, -0.1) is 10.2 Å². The Morgan fingerprint density at radius 1 is 1.03 bits per heavy atom. The summed E-state index contributed by atoms with van der Waals surface area (Å²) in [6, 6.07) is 15.4. The zero-order valence-electron chi connectivity index (χ0n) is 17.4. The number of aromatic nitrogens is 4. The van der Waals surface area contributed by atoms with Gasteiger partial charge in [-0.25, -0.2) is 4.52 Å². The fraction of sp³-hybridized carbons (Fsp3) is 0.217. The minimum absolute atomic E-state index is 0.245. The molecule has 2 heterocycles. The molecule has 2 aromatic carbocycles. The Labute approximate surface area is 174 Å². The molecule has 0 atom stereocenters. The van der Waals surface area contributed by atoms with Crippen molar-refractivity contribution in [3.63, 3.8) is 0 Å². The molecule has 0 bridgehead atoms. The first-order valence-electron chi connectivity index (χ1n) is 9.79. The predicted octanol–water partition coefficient (Wildman–Crippen LogP) is 4.23. The largest absolute Gasteiger partial charge is 0.497 e. The molecule has 7 nitrogen and oxygen atoms in total. The molecule has 4 aromatic rings. The van der Waals surface area contributed by atoms with Crippen LogP contribution in [0.3, 0.4) is 0 Å². The lowest BCUT2D eigenvalue weighted by molar-refractivity contribution is 0.102. The van der Waals surface area contributed by atoms with Crippen LogP contribution in [0.5, 0.6) is 5.75 Å². The molecule has 4 rings (SSSR count). The molecule has 0 radical (unpaired) electrons. The third kappa shape index (κ3) is 3.50. The van der Waals surface area contributed by atoms with Gasteiger partial charge in [-0.05, 0) is 50.1 Å². The lowest BCUT2D eigenvalue weighted by Gasteiger charge is -2.08. The highest BCUT2D eigenvalue weighted by Crippen LogP contribution is 2.30. The van der Waals surface area contributed by atoms with Gasteiger partial charge in [-0.1, -0.05) is 36.8 Å². The quantitative estimate of drug-likeness (QED) is 0.541. The summed E-state index contributed by atoms with van der Waals surface area (Å²) >= 11 is 0. The van der Waals surface area contributed by atoms with E-state index in [-0.39, 0.29) is 11.6 Å². The number of nitrogens with one attached hydrogen (secondary N) is 1. The Bertz CT molecular complexity index is 1210. The Morgan fingerprint density at radius 2 is 1.73 bits per heavy atom. The van der Waals surface area contributed by atoms with Crippen LogP contribution >= 0.6 is 0 Å². The van der Waals surface area contributed by atoms with Gasteiger partial charge in [0.05, 0.1) is 24.1 Å². The number of carbonyl (C=O) groups excluding carboxylic acids is 1. The molecule has 7 heteroatoms. The Hall–Kier alpha value is -3.74. The van der Waals surface area contributed by atoms with Gasteiger partial charge in [0.2, 0.25) is 0 Å². The van der Waals surface area contributed by atoms with Crippen LogP contribution in [0.25, 0.3) is 16.8 Å². The van der Waals surface area contributed by atoms with Crippen LogP contribution in [-0.2, 0) is 6.42 Å². The fourth-order valence-corrected chi connectivity index (χ4v) is 3.39. The molecular formula is C23H23N5O2. The molecule has 0 saturated heterocycles. The molecule has 152 valence electrons. The number of aryl methyl sites for hydroxylation is 3. The Morgan fingerprint density at radius 3 is 2.37 bits per heavy atom. The molecule has 0 unspecified atom stereocenters. The minimum atomic E-state index is -0.315. The average Bonchev–Trinajstić information content (AvgIpc) is 3.15. The number of amides is 1. The molecule has 2 aromatic heterocycles. The van der Waals surface area contributed by atoms with Gasteiger partial charge in [0.1, 0.15) is 5.75 Å². The van der Waals surface area contributed by atoms with E-state index in [1.165, 1.54) is 0 Å². The maximum Gasteiger partial charge on any atom is 0.278 e. The monoisotopic (exact) mass is 401 g/mol. The number of hydrogen-bond acceptors (Lipinski definition) is 5. The van der Waals surface area contributed by atoms with E-state index in [1.54, 1.807) is 11.6 Å². The van der Waals surface area contributed by atoms with Crippen molar-refractivity contribution in [1.29, 1.82) is 0 Å². The van der Waals surface area contributed by atoms with Gasteiger partial charge in [-0.3, -0.25) is 4.79 Å². The van der Waals surface area contributed by atoms with E-state index in [0.29, 0.717) is 17.0 Å². The van der Waals surface area contributed by atoms with Gasteiger partial charge < -0.3 is 10.1 Å². The standard InChI is InChI=1S/C23H23N5O2/c1-5-19-20(16-8-12-18(30-4)13-9-16)22-26-25-21(15(3)28(22)27-19)23(29)24-17-10-6-14(2)7-11-17/h6-13H,5H2,1-4H3,(H,24,29). The summed E-state index contributed by atoms with van der Waals surface area (Å²) in [5.74, 6) is 0.468. The predicted molar refractivity (Wildman–Crippen MR) is 116 cm³/mol. The van der Waals surface area contributed by atoms with Crippen molar-refractivity contribution in [3.05, 3.63) is 71.2 Å². The zero-order valence-corrected chi connectivity index (χ0v) is 17.4. The second-order valence-electron chi connectivity index (χ2n) is 7.09. The van der Waals surface area contributed by atoms with Gasteiger partial charge in [0, 0.05) is 5.69 Å². The van der Waals surface area contributed by atoms with Gasteiger partial charge in [0.15, 0.2) is 11.3 Å². The molecule has 0 aliphatic rings. The molecule has 0 saturated carbocycles. The van der Waals surface area contributed by atoms with Crippen molar-refractivity contribution in [2.24, 2.45) is 0 Å². The summed E-state index contributed by atoms with van der Waals surface area (Å²) in [4.78, 5) is 12.8. The van der Waals surface area contributed by atoms with Gasteiger partial charge in [-0.2, -0.15) is 5.10 Å². The summed E-state index contributed by atoms with van der Waals surface area (Å²) < 4.78 is 6.96. The second kappa shape index (κ2) is 7.94. The van der Waals surface area contributed by atoms with E-state index >= 15 is 0 Å². The van der Waals surface area contributed by atoms with Crippen LogP contribution in [0.1, 0.15) is 34.4 Å². The van der Waals surface area contributed by atoms with E-state index in [1.807, 2.05) is 69.3 Å². The number of carbonyl (C=O) groups is 1. The summed E-state index contributed by atoms with van der Waals surface area (Å²) in [6.45, 7) is 5.87. The molecule has 1 amide bonds. The molecule has 1 N–H and O–H groups in total. The molecule has 0 fully saturated rings. The number of ether oxygens (including phenoxy) is 1. The van der Waals surface area contributed by atoms with Crippen molar-refractivity contribution in [3.8, 4) is 16.9 Å². The summed E-state index contributed by atoms with van der Waals surface area (Å²) in [5, 5.41) is 16.2. The highest BCUT2D eigenvalue weighted by Gasteiger charge is 2.21. The van der Waals surface area contributed by atoms with Crippen LogP contribution in [0.2, 0.25) is 0 Å². The normalized spacial score (nSPS) is 10.9. The number of anilines is 1. The zero-order chi connectivity index (χ0) is 21.3. The third-order valence-electron chi connectivity index (χ3n) is 5.08. The smallest absolute Gasteiger partial charge is 0.278 e. The van der Waals surface area contributed by atoms with Gasteiger partial charge >= 0.3 is 0 Å². The molecule has 30 heavy (non-hydrogen) atoms. The highest BCUT2D eigenvalue weighted by atomic mass is 16.5. The van der Waals surface area contributed by atoms with Crippen LogP contribution in [0.15, 0.2) is 48.5 Å². The Balaban J connectivity index is 1.75. The van der Waals surface area contributed by atoms with Crippen molar-refractivity contribution in [2.45, 2.75) is 27.2 Å². The minimum Gasteiger partial charge on any atom is -0.497 e. The number of nitrogens with zero attached hydrogens (tertiary/aromatic N) is 4. The molecule has 0 aliphatic carbocycles. The average molecular weight is 401 g/mol. The van der Waals surface area contributed by atoms with E-state index in [2.05, 4.69) is 15.5 Å². The fourth-order valence-electron chi connectivity index (χ4n) is 3.39. The number of fused-ring (bicyclic) bond motifs is 1. The number of benzene rings is 2. The van der Waals surface area contributed by atoms with Crippen LogP contribution in [0, 0.1) is 13.8 Å². The number of hydrogen-bond donors (Lipinski definition) is 1. The second-order valence-corrected chi connectivity index (χ2v) is 7.09. The van der Waals surface area contributed by atoms with Crippen LogP contribution in [0.4, 0.5) is 5.69 Å².